The summed E-state index contributed by atoms with van der Waals surface area (Å²) in [6.07, 6.45) is -1.34. The van der Waals surface area contributed by atoms with E-state index in [1.165, 1.54) is 29.7 Å². The van der Waals surface area contributed by atoms with E-state index in [-0.39, 0.29) is 43.9 Å². The molecule has 9 atom stereocenters. The molecule has 0 spiro atoms. The van der Waals surface area contributed by atoms with Crippen molar-refractivity contribution in [2.75, 3.05) is 26.0 Å². The van der Waals surface area contributed by atoms with E-state index in [0.29, 0.717) is 24.2 Å². The quantitative estimate of drug-likeness (QED) is 0.0857. The number of benzene rings is 1. The Labute approximate surface area is 410 Å². The summed E-state index contributed by atoms with van der Waals surface area (Å²) in [6.45, 7) is 11.5. The number of likely N-dealkylation sites (tertiary alicyclic amines) is 1. The molecule has 2 heterocycles. The number of hydrogen-bond donors (Lipinski definition) is 10. The van der Waals surface area contributed by atoms with Crippen LogP contribution in [-0.2, 0) is 54.4 Å². The normalized spacial score (nSPS) is 24.5. The smallest absolute Gasteiger partial charge is 0.246 e. The van der Waals surface area contributed by atoms with Gasteiger partial charge in [-0.1, -0.05) is 67.8 Å². The van der Waals surface area contributed by atoms with Crippen LogP contribution in [0, 0.1) is 11.8 Å². The van der Waals surface area contributed by atoms with E-state index in [1.807, 2.05) is 13.8 Å². The molecule has 1 aromatic rings. The first kappa shape index (κ1) is 57.7. The molecule has 0 bridgehead atoms. The molecule has 69 heavy (non-hydrogen) atoms. The molecule has 2 aliphatic heterocycles. The molecule has 3 rings (SSSR count). The molecule has 0 saturated carbocycles. The van der Waals surface area contributed by atoms with Crippen LogP contribution in [0.1, 0.15) is 92.6 Å². The van der Waals surface area contributed by atoms with Gasteiger partial charge in [-0.05, 0) is 69.6 Å². The van der Waals surface area contributed by atoms with Crippen molar-refractivity contribution in [3.63, 3.8) is 0 Å². The van der Waals surface area contributed by atoms with Gasteiger partial charge in [-0.25, -0.2) is 0 Å². The van der Waals surface area contributed by atoms with Crippen molar-refractivity contribution in [2.24, 2.45) is 23.3 Å². The van der Waals surface area contributed by atoms with Gasteiger partial charge in [0, 0.05) is 29.9 Å². The average molecular weight is 1010 g/mol. The standard InChI is InChI=1S/C45H70N10O12S2/c1-9-24(4)36-42(64)54-37(25(5)56)43(65)51-30(19-33(46)57)39(61)52-31(44(66)55-16-10-11-32(55)41(63)50-28(17-23(2)3)38(60)48-21-34(47)58)22-68-69-45(6,7)20-35(59)49-29(40(62)53-36)18-26-12-14-27(67-8)15-13-26/h12-15,23-25,28-32,36-37,56H,9-11,16-22H2,1-8H3,(H2,46,57)(H2,47,58)(H,48,60)(H,49,59)(H,50,63)(H,51,65)(H,52,61)(H,53,62)(H,54,64)/t24-,25+,28-,29-,30-,31-,32-,36-,37?/m0/s1. The number of ether oxygens (including phenoxy) is 1. The van der Waals surface area contributed by atoms with Gasteiger partial charge >= 0.3 is 0 Å². The molecule has 2 fully saturated rings. The molecule has 0 aliphatic carbocycles. The topological polar surface area (TPSA) is 340 Å². The van der Waals surface area contributed by atoms with Crippen molar-refractivity contribution >= 4 is 80.7 Å². The maximum absolute atomic E-state index is 14.6. The van der Waals surface area contributed by atoms with E-state index in [9.17, 15) is 53.1 Å². The zero-order valence-corrected chi connectivity index (χ0v) is 42.1. The number of carbonyl (C=O) groups excluding carboxylic acids is 10. The summed E-state index contributed by atoms with van der Waals surface area (Å²) in [5.74, 6) is -8.27. The third-order valence-electron chi connectivity index (χ3n) is 11.5. The predicted molar refractivity (Wildman–Crippen MR) is 258 cm³/mol. The fourth-order valence-electron chi connectivity index (χ4n) is 7.62. The van der Waals surface area contributed by atoms with Crippen LogP contribution in [0.2, 0.25) is 0 Å². The third kappa shape index (κ3) is 18.3. The summed E-state index contributed by atoms with van der Waals surface area (Å²) in [5, 5.41) is 28.9. The van der Waals surface area contributed by atoms with Gasteiger partial charge in [-0.2, -0.15) is 0 Å². The zero-order chi connectivity index (χ0) is 51.7. The largest absolute Gasteiger partial charge is 0.497 e. The molecule has 0 aromatic heterocycles. The molecule has 0 radical (unpaired) electrons. The average Bonchev–Trinajstić information content (AvgIpc) is 3.77. The van der Waals surface area contributed by atoms with Gasteiger partial charge < -0.3 is 63.4 Å². The number of aliphatic hydroxyl groups excluding tert-OH is 1. The van der Waals surface area contributed by atoms with Gasteiger partial charge in [0.1, 0.15) is 48.0 Å². The van der Waals surface area contributed by atoms with Crippen LogP contribution in [0.15, 0.2) is 24.3 Å². The van der Waals surface area contributed by atoms with Gasteiger partial charge in [-0.3, -0.25) is 47.9 Å². The summed E-state index contributed by atoms with van der Waals surface area (Å²) in [5.41, 5.74) is 11.4. The molecular weight excluding hydrogens is 937 g/mol. The number of hydrogen-bond acceptors (Lipinski definition) is 14. The van der Waals surface area contributed by atoms with Crippen molar-refractivity contribution in [2.45, 2.75) is 147 Å². The van der Waals surface area contributed by atoms with E-state index >= 15 is 0 Å². The monoisotopic (exact) mass is 1010 g/mol. The minimum absolute atomic E-state index is 0.0125. The number of nitrogens with one attached hydrogen (secondary N) is 7. The second-order valence-electron chi connectivity index (χ2n) is 18.4. The number of primary amides is 2. The number of methoxy groups -OCH3 is 1. The number of rotatable bonds is 16. The fraction of sp³-hybridized carbons (Fsp3) is 0.644. The van der Waals surface area contributed by atoms with E-state index in [0.717, 1.165) is 10.8 Å². The zero-order valence-electron chi connectivity index (χ0n) is 40.5. The van der Waals surface area contributed by atoms with Crippen molar-refractivity contribution in [3.8, 4) is 5.75 Å². The van der Waals surface area contributed by atoms with E-state index in [4.69, 9.17) is 16.2 Å². The second-order valence-corrected chi connectivity index (χ2v) is 21.5. The number of amides is 10. The summed E-state index contributed by atoms with van der Waals surface area (Å²) < 4.78 is 4.40. The Morgan fingerprint density at radius 3 is 2.07 bits per heavy atom. The molecule has 2 saturated heterocycles. The Kier molecular flexibility index (Phi) is 22.5. The molecule has 24 heteroatoms. The van der Waals surface area contributed by atoms with Gasteiger partial charge in [0.25, 0.3) is 0 Å². The first-order valence-corrected chi connectivity index (χ1v) is 25.3. The van der Waals surface area contributed by atoms with Crippen LogP contribution in [-0.4, -0.2) is 148 Å². The second kappa shape index (κ2) is 27.0. The summed E-state index contributed by atoms with van der Waals surface area (Å²) in [4.78, 5) is 137. The van der Waals surface area contributed by atoms with Crippen LogP contribution in [0.4, 0.5) is 0 Å². The highest BCUT2D eigenvalue weighted by Crippen LogP contribution is 2.39. The molecule has 384 valence electrons. The maximum Gasteiger partial charge on any atom is 0.246 e. The molecule has 10 amide bonds. The highest BCUT2D eigenvalue weighted by Gasteiger charge is 2.41. The van der Waals surface area contributed by atoms with Crippen LogP contribution >= 0.6 is 21.6 Å². The molecule has 1 unspecified atom stereocenters. The highest BCUT2D eigenvalue weighted by molar-refractivity contribution is 8.77. The number of carbonyl (C=O) groups is 10. The number of nitrogens with zero attached hydrogens (tertiary/aromatic N) is 1. The van der Waals surface area contributed by atoms with Crippen molar-refractivity contribution < 1.29 is 57.8 Å². The lowest BCUT2D eigenvalue weighted by atomic mass is 9.96. The maximum atomic E-state index is 14.6. The third-order valence-corrected chi connectivity index (χ3v) is 14.8. The Bertz CT molecular complexity index is 2020. The lowest BCUT2D eigenvalue weighted by Crippen LogP contribution is -2.63. The number of aliphatic hydroxyl groups is 1. The molecule has 22 nitrogen and oxygen atoms in total. The van der Waals surface area contributed by atoms with Gasteiger partial charge in [-0.15, -0.1) is 0 Å². The lowest BCUT2D eigenvalue weighted by Gasteiger charge is -2.32. The minimum atomic E-state index is -1.74. The summed E-state index contributed by atoms with van der Waals surface area (Å²) in [6, 6.07) is -2.69. The fourth-order valence-corrected chi connectivity index (χ4v) is 10.3. The molecular formula is C45H70N10O12S2. The first-order chi connectivity index (χ1) is 32.4. The van der Waals surface area contributed by atoms with Crippen molar-refractivity contribution in [1.82, 2.24) is 42.1 Å². The SMILES string of the molecule is CC[C@H](C)[C@@H]1NC(=O)[C@H](Cc2ccc(OC)cc2)NC(=O)CC(C)(C)SSC[C@@H](C(=O)N2CCC[C@H]2C(=O)N[C@@H](CC(C)C)C(=O)NCC(N)=O)NC(=O)[C@H](CC(N)=O)NC(=O)C([C@@H](C)O)NC1=O. The van der Waals surface area contributed by atoms with Crippen LogP contribution < -0.4 is 53.4 Å². The van der Waals surface area contributed by atoms with E-state index < -0.39 is 131 Å². The summed E-state index contributed by atoms with van der Waals surface area (Å²) >= 11 is 0. The van der Waals surface area contributed by atoms with E-state index in [2.05, 4.69) is 37.2 Å². The Balaban J connectivity index is 2.06. The van der Waals surface area contributed by atoms with Gasteiger partial charge in [0.15, 0.2) is 0 Å². The minimum Gasteiger partial charge on any atom is -0.497 e. The molecule has 12 N–H and O–H groups in total. The molecule has 2 aliphatic rings. The van der Waals surface area contributed by atoms with Crippen LogP contribution in [0.25, 0.3) is 0 Å². The van der Waals surface area contributed by atoms with Crippen molar-refractivity contribution in [1.29, 1.82) is 0 Å². The predicted octanol–water partition coefficient (Wildman–Crippen LogP) is -1.35. The Hall–Kier alpha value is -5.62. The lowest BCUT2D eigenvalue weighted by molar-refractivity contribution is -0.142. The van der Waals surface area contributed by atoms with Gasteiger partial charge in [0.2, 0.25) is 59.1 Å². The summed E-state index contributed by atoms with van der Waals surface area (Å²) in [7, 11) is 3.82. The van der Waals surface area contributed by atoms with Crippen LogP contribution in [0.5, 0.6) is 5.75 Å². The van der Waals surface area contributed by atoms with Crippen LogP contribution in [0.3, 0.4) is 0 Å². The molecule has 1 aromatic carbocycles. The van der Waals surface area contributed by atoms with E-state index in [1.54, 1.807) is 52.0 Å². The Morgan fingerprint density at radius 1 is 0.870 bits per heavy atom. The first-order valence-electron chi connectivity index (χ1n) is 22.9. The number of nitrogens with two attached hydrogens (primary N) is 2. The highest BCUT2D eigenvalue weighted by atomic mass is 33.1. The Morgan fingerprint density at radius 2 is 1.49 bits per heavy atom. The van der Waals surface area contributed by atoms with Crippen molar-refractivity contribution in [3.05, 3.63) is 29.8 Å². The van der Waals surface area contributed by atoms with Gasteiger partial charge in [0.05, 0.1) is 26.2 Å².